The number of nitrogens with zero attached hydrogens (tertiary/aromatic N) is 5. The van der Waals surface area contributed by atoms with Gasteiger partial charge in [0.2, 0.25) is 17.7 Å². The first-order valence-electron chi connectivity index (χ1n) is 19.9. The lowest BCUT2D eigenvalue weighted by Crippen LogP contribution is -2.39. The maximum atomic E-state index is 12.9. The summed E-state index contributed by atoms with van der Waals surface area (Å²) in [5.41, 5.74) is 8.32. The van der Waals surface area contributed by atoms with Crippen LogP contribution in [-0.4, -0.2) is 62.7 Å². The van der Waals surface area contributed by atoms with Crippen molar-refractivity contribution >= 4 is 34.4 Å². The smallest absolute Gasteiger partial charge is 0.293 e. The number of fused-ring (bicyclic) bond motifs is 1. The number of amides is 3. The Kier molecular flexibility index (Phi) is 10.5. The van der Waals surface area contributed by atoms with Gasteiger partial charge < -0.3 is 19.5 Å². The molecule has 2 aliphatic heterocycles. The highest BCUT2D eigenvalue weighted by atomic mass is 16.5. The fraction of sp³-hybridized carbons (Fsp3) is 0.356. The SMILES string of the molecule is Cc1cc(-c2[nH]nc3ncc(-c4ccc(N5CCC(COc6ccc(C7CCC(=O)NC7=O)cc6)CC5)cc4)cc23)ccc1[C@@H](C)NC(=O)c1noc(C(C)(C)C)n1. The van der Waals surface area contributed by atoms with E-state index in [-0.39, 0.29) is 40.9 Å². The van der Waals surface area contributed by atoms with Gasteiger partial charge in [0.05, 0.1) is 24.3 Å². The molecule has 13 nitrogen and oxygen atoms in total. The predicted molar refractivity (Wildman–Crippen MR) is 220 cm³/mol. The molecule has 5 heterocycles. The number of ether oxygens (including phenoxy) is 1. The molecular formula is C45H48N8O5. The van der Waals surface area contributed by atoms with Gasteiger partial charge in [-0.15, -0.1) is 0 Å². The van der Waals surface area contributed by atoms with Crippen LogP contribution in [-0.2, 0) is 15.0 Å². The number of hydrogen-bond donors (Lipinski definition) is 3. The Balaban J connectivity index is 0.865. The summed E-state index contributed by atoms with van der Waals surface area (Å²) in [4.78, 5) is 48.0. The molecule has 8 rings (SSSR count). The number of H-pyrrole nitrogens is 1. The quantitative estimate of drug-likeness (QED) is 0.118. The summed E-state index contributed by atoms with van der Waals surface area (Å²) < 4.78 is 11.5. The lowest BCUT2D eigenvalue weighted by atomic mass is 9.90. The first-order chi connectivity index (χ1) is 27.9. The van der Waals surface area contributed by atoms with E-state index >= 15 is 0 Å². The van der Waals surface area contributed by atoms with E-state index in [0.717, 1.165) is 76.1 Å². The van der Waals surface area contributed by atoms with Crippen LogP contribution in [0.2, 0.25) is 0 Å². The van der Waals surface area contributed by atoms with Crippen molar-refractivity contribution in [3.8, 4) is 28.1 Å². The van der Waals surface area contributed by atoms with E-state index in [0.29, 0.717) is 36.9 Å². The Bertz CT molecular complexity index is 2460. The molecule has 3 amide bonds. The number of carbonyl (C=O) groups is 3. The zero-order valence-electron chi connectivity index (χ0n) is 33.5. The zero-order valence-corrected chi connectivity index (χ0v) is 33.5. The Hall–Kier alpha value is -6.37. The standard InChI is InChI=1S/C45H48N8O5/c1-26-22-31(10-15-35(26)27(2)47-43(56)41-49-44(58-52-41)45(3,4)5)39-37-23-32(24-46-40(37)51-50-39)29-6-11-33(12-7-29)53-20-18-28(19-21-53)25-57-34-13-8-30(9-14-34)36-16-17-38(54)48-42(36)55/h6-15,22-24,27-28,36H,16-21,25H2,1-5H3,(H,47,56)(H,46,50,51)(H,48,54,55)/t27-,36?/m1/s1. The third-order valence-corrected chi connectivity index (χ3v) is 11.2. The third kappa shape index (κ3) is 8.20. The normalized spacial score (nSPS) is 17.0. The molecule has 0 spiro atoms. The molecular weight excluding hydrogens is 733 g/mol. The Morgan fingerprint density at radius 2 is 1.71 bits per heavy atom. The van der Waals surface area contributed by atoms with Gasteiger partial charge >= 0.3 is 0 Å². The van der Waals surface area contributed by atoms with Crippen LogP contribution < -0.4 is 20.3 Å². The molecule has 298 valence electrons. The van der Waals surface area contributed by atoms with Crippen LogP contribution in [0.4, 0.5) is 5.69 Å². The van der Waals surface area contributed by atoms with Crippen LogP contribution in [0.3, 0.4) is 0 Å². The van der Waals surface area contributed by atoms with E-state index < -0.39 is 0 Å². The molecule has 0 radical (unpaired) electrons. The maximum absolute atomic E-state index is 12.9. The Labute approximate surface area is 337 Å². The van der Waals surface area contributed by atoms with E-state index in [2.05, 4.69) is 77.3 Å². The van der Waals surface area contributed by atoms with Crippen LogP contribution in [0.1, 0.15) is 98.5 Å². The lowest BCUT2D eigenvalue weighted by Gasteiger charge is -2.33. The number of benzene rings is 3. The van der Waals surface area contributed by atoms with Crippen LogP contribution in [0.5, 0.6) is 5.75 Å². The predicted octanol–water partition coefficient (Wildman–Crippen LogP) is 7.59. The lowest BCUT2D eigenvalue weighted by molar-refractivity contribution is -0.134. The van der Waals surface area contributed by atoms with Crippen molar-refractivity contribution in [2.75, 3.05) is 24.6 Å². The van der Waals surface area contributed by atoms with E-state index in [1.807, 2.05) is 77.2 Å². The zero-order chi connectivity index (χ0) is 40.6. The number of nitrogens with one attached hydrogen (secondary N) is 3. The van der Waals surface area contributed by atoms with Crippen LogP contribution in [0.25, 0.3) is 33.4 Å². The van der Waals surface area contributed by atoms with Crippen LogP contribution >= 0.6 is 0 Å². The van der Waals surface area contributed by atoms with E-state index in [4.69, 9.17) is 9.26 Å². The molecule has 2 aliphatic rings. The number of aryl methyl sites for hydroxylation is 1. The average molecular weight is 781 g/mol. The van der Waals surface area contributed by atoms with Gasteiger partial charge in [0.25, 0.3) is 11.7 Å². The van der Waals surface area contributed by atoms with Crippen molar-refractivity contribution in [3.63, 3.8) is 0 Å². The number of rotatable bonds is 10. The Morgan fingerprint density at radius 3 is 2.40 bits per heavy atom. The highest BCUT2D eigenvalue weighted by Gasteiger charge is 2.28. The van der Waals surface area contributed by atoms with Gasteiger partial charge in [0, 0.05) is 53.3 Å². The van der Waals surface area contributed by atoms with Crippen molar-refractivity contribution in [1.29, 1.82) is 0 Å². The van der Waals surface area contributed by atoms with Gasteiger partial charge in [0.15, 0.2) is 5.65 Å². The molecule has 1 unspecified atom stereocenters. The summed E-state index contributed by atoms with van der Waals surface area (Å²) in [7, 11) is 0. The molecule has 58 heavy (non-hydrogen) atoms. The fourth-order valence-corrected chi connectivity index (χ4v) is 7.80. The van der Waals surface area contributed by atoms with Crippen molar-refractivity contribution < 1.29 is 23.6 Å². The van der Waals surface area contributed by atoms with Crippen molar-refractivity contribution in [3.05, 3.63) is 107 Å². The summed E-state index contributed by atoms with van der Waals surface area (Å²) in [5, 5.41) is 17.9. The van der Waals surface area contributed by atoms with E-state index in [9.17, 15) is 14.4 Å². The maximum Gasteiger partial charge on any atom is 0.293 e. The molecule has 2 saturated heterocycles. The number of hydrogen-bond acceptors (Lipinski definition) is 10. The molecule has 3 aromatic carbocycles. The van der Waals surface area contributed by atoms with Crippen LogP contribution in [0.15, 0.2) is 83.5 Å². The van der Waals surface area contributed by atoms with Gasteiger partial charge in [-0.2, -0.15) is 10.1 Å². The molecule has 0 saturated carbocycles. The molecule has 3 aromatic heterocycles. The number of aromatic nitrogens is 5. The molecule has 6 aromatic rings. The van der Waals surface area contributed by atoms with E-state index in [1.165, 1.54) is 5.69 Å². The molecule has 2 fully saturated rings. The minimum atomic E-state index is -0.387. The second kappa shape index (κ2) is 15.9. The summed E-state index contributed by atoms with van der Waals surface area (Å²) in [5.74, 6) is 0.584. The number of carbonyl (C=O) groups excluding carboxylic acids is 3. The molecule has 0 aliphatic carbocycles. The molecule has 3 N–H and O–H groups in total. The monoisotopic (exact) mass is 780 g/mol. The van der Waals surface area contributed by atoms with E-state index in [1.54, 1.807) is 0 Å². The number of piperidine rings is 2. The minimum absolute atomic E-state index is 0.0193. The molecule has 13 heteroatoms. The van der Waals surface area contributed by atoms with Crippen molar-refractivity contribution in [1.82, 2.24) is 36.0 Å². The third-order valence-electron chi connectivity index (χ3n) is 11.2. The highest BCUT2D eigenvalue weighted by Crippen LogP contribution is 2.33. The van der Waals surface area contributed by atoms with Gasteiger partial charge in [-0.05, 0) is 97.7 Å². The molecule has 0 bridgehead atoms. The second-order valence-electron chi connectivity index (χ2n) is 16.5. The Morgan fingerprint density at radius 1 is 0.966 bits per heavy atom. The number of anilines is 1. The number of imide groups is 1. The fourth-order valence-electron chi connectivity index (χ4n) is 7.80. The summed E-state index contributed by atoms with van der Waals surface area (Å²) in [6, 6.07) is 24.4. The summed E-state index contributed by atoms with van der Waals surface area (Å²) in [6.45, 7) is 12.4. The highest BCUT2D eigenvalue weighted by molar-refractivity contribution is 6.01. The van der Waals surface area contributed by atoms with Crippen molar-refractivity contribution in [2.45, 2.75) is 77.7 Å². The first-order valence-corrected chi connectivity index (χ1v) is 19.9. The van der Waals surface area contributed by atoms with Gasteiger partial charge in [-0.1, -0.05) is 62.3 Å². The minimum Gasteiger partial charge on any atom is -0.493 e. The first kappa shape index (κ1) is 38.5. The second-order valence-corrected chi connectivity index (χ2v) is 16.5. The van der Waals surface area contributed by atoms with Crippen LogP contribution in [0, 0.1) is 12.8 Å². The number of pyridine rings is 1. The largest absolute Gasteiger partial charge is 0.493 e. The van der Waals surface area contributed by atoms with Crippen molar-refractivity contribution in [2.24, 2.45) is 5.92 Å². The number of aromatic amines is 1. The molecule has 2 atom stereocenters. The van der Waals surface area contributed by atoms with Gasteiger partial charge in [-0.25, -0.2) is 4.98 Å². The van der Waals surface area contributed by atoms with Gasteiger partial charge in [-0.3, -0.25) is 24.8 Å². The topological polar surface area (TPSA) is 168 Å². The van der Waals surface area contributed by atoms with Gasteiger partial charge in [0.1, 0.15) is 5.75 Å². The average Bonchev–Trinajstić information content (AvgIpc) is 3.89. The summed E-state index contributed by atoms with van der Waals surface area (Å²) in [6.07, 6.45) is 4.84. The summed E-state index contributed by atoms with van der Waals surface area (Å²) >= 11 is 0.